The van der Waals surface area contributed by atoms with Gasteiger partial charge in [0.1, 0.15) is 5.84 Å². The number of aliphatic imine (C=N–C) groups is 1. The molecule has 0 aromatic heterocycles. The van der Waals surface area contributed by atoms with Crippen LogP contribution >= 0.6 is 0 Å². The predicted molar refractivity (Wildman–Crippen MR) is 60.9 cm³/mol. The number of benzene rings is 1. The van der Waals surface area contributed by atoms with Crippen molar-refractivity contribution in [2.75, 3.05) is 0 Å². The summed E-state index contributed by atoms with van der Waals surface area (Å²) < 4.78 is 75.2. The van der Waals surface area contributed by atoms with Gasteiger partial charge >= 0.3 is 18.0 Å². The van der Waals surface area contributed by atoms with Crippen molar-refractivity contribution in [1.82, 2.24) is 0 Å². The molecule has 0 unspecified atom stereocenters. The van der Waals surface area contributed by atoms with E-state index in [9.17, 15) is 26.3 Å². The van der Waals surface area contributed by atoms with E-state index in [-0.39, 0.29) is 5.56 Å². The highest BCUT2D eigenvalue weighted by molar-refractivity contribution is 5.97. The first kappa shape index (κ1) is 16.3. The van der Waals surface area contributed by atoms with E-state index in [1.165, 1.54) is 24.3 Å². The molecule has 1 rings (SSSR count). The van der Waals surface area contributed by atoms with Crippen LogP contribution in [-0.4, -0.2) is 23.9 Å². The van der Waals surface area contributed by atoms with E-state index in [4.69, 9.17) is 5.73 Å². The Morgan fingerprint density at radius 2 is 1.35 bits per heavy atom. The van der Waals surface area contributed by atoms with Gasteiger partial charge in [-0.2, -0.15) is 26.3 Å². The number of alkyl halides is 6. The minimum atomic E-state index is -5.82. The van der Waals surface area contributed by atoms with Crippen LogP contribution in [0.5, 0.6) is 0 Å². The molecule has 0 aliphatic rings. The molecule has 3 nitrogen and oxygen atoms in total. The second-order valence-corrected chi connectivity index (χ2v) is 4.12. The maximum absolute atomic E-state index is 12.5. The Morgan fingerprint density at radius 1 is 0.950 bits per heavy atom. The highest BCUT2D eigenvalue weighted by Crippen LogP contribution is 2.42. The number of halogens is 6. The van der Waals surface area contributed by atoms with Gasteiger partial charge in [0.15, 0.2) is 0 Å². The molecule has 0 heterocycles. The molecule has 0 saturated carbocycles. The van der Waals surface area contributed by atoms with Gasteiger partial charge in [-0.1, -0.05) is 29.8 Å². The first-order chi connectivity index (χ1) is 8.88. The smallest absolute Gasteiger partial charge is 0.383 e. The van der Waals surface area contributed by atoms with Gasteiger partial charge in [-0.15, -0.1) is 0 Å². The van der Waals surface area contributed by atoms with Crippen LogP contribution in [0.15, 0.2) is 29.3 Å². The summed E-state index contributed by atoms with van der Waals surface area (Å²) in [5.41, 5.74) is 5.53. The fraction of sp³-hybridized carbons (Fsp3) is 0.364. The predicted octanol–water partition coefficient (Wildman–Crippen LogP) is 2.48. The molecule has 9 heteroatoms. The summed E-state index contributed by atoms with van der Waals surface area (Å²) in [6, 6.07) is 5.44. The largest absolute Gasteiger partial charge is 0.436 e. The van der Waals surface area contributed by atoms with Crippen LogP contribution in [0.3, 0.4) is 0 Å². The third-order valence-electron chi connectivity index (χ3n) is 2.51. The van der Waals surface area contributed by atoms with Crippen molar-refractivity contribution in [3.63, 3.8) is 0 Å². The summed E-state index contributed by atoms with van der Waals surface area (Å²) in [6.45, 7) is 1.69. The summed E-state index contributed by atoms with van der Waals surface area (Å²) in [5.74, 6) is -0.942. The van der Waals surface area contributed by atoms with Crippen molar-refractivity contribution < 1.29 is 26.3 Å². The Kier molecular flexibility index (Phi) is 4.04. The molecule has 20 heavy (non-hydrogen) atoms. The molecular formula is C11H11F6N3. The van der Waals surface area contributed by atoms with Crippen molar-refractivity contribution in [3.8, 4) is 0 Å². The Bertz CT molecular complexity index is 486. The van der Waals surface area contributed by atoms with Crippen LogP contribution in [0.4, 0.5) is 26.3 Å². The Balaban J connectivity index is 3.31. The highest BCUT2D eigenvalue weighted by atomic mass is 19.4. The van der Waals surface area contributed by atoms with E-state index in [1.807, 2.05) is 0 Å². The molecule has 0 spiro atoms. The molecule has 4 N–H and O–H groups in total. The van der Waals surface area contributed by atoms with Crippen molar-refractivity contribution in [2.45, 2.75) is 24.9 Å². The van der Waals surface area contributed by atoms with Gasteiger partial charge in [0.2, 0.25) is 0 Å². The second-order valence-electron chi connectivity index (χ2n) is 4.12. The zero-order valence-electron chi connectivity index (χ0n) is 10.2. The number of hydrogen-bond donors (Lipinski definition) is 2. The SMILES string of the molecule is Cc1ccc(/C(N)=N/C(N)(C(F)(F)F)C(F)(F)F)cc1. The Labute approximate surface area is 110 Å². The van der Waals surface area contributed by atoms with Gasteiger partial charge in [0.25, 0.3) is 0 Å². The van der Waals surface area contributed by atoms with Gasteiger partial charge in [-0.05, 0) is 6.92 Å². The first-order valence-electron chi connectivity index (χ1n) is 5.23. The Hall–Kier alpha value is -1.77. The molecule has 0 aliphatic carbocycles. The minimum absolute atomic E-state index is 0.0843. The lowest BCUT2D eigenvalue weighted by Crippen LogP contribution is -2.63. The van der Waals surface area contributed by atoms with Crippen LogP contribution in [-0.2, 0) is 0 Å². The number of aryl methyl sites for hydroxylation is 1. The Morgan fingerprint density at radius 3 is 1.70 bits per heavy atom. The van der Waals surface area contributed by atoms with Crippen LogP contribution < -0.4 is 11.5 Å². The quantitative estimate of drug-likeness (QED) is 0.500. The molecule has 0 saturated heterocycles. The summed E-state index contributed by atoms with van der Waals surface area (Å²) in [4.78, 5) is 2.47. The lowest BCUT2D eigenvalue weighted by molar-refractivity contribution is -0.293. The first-order valence-corrected chi connectivity index (χ1v) is 5.23. The van der Waals surface area contributed by atoms with Gasteiger partial charge in [0.05, 0.1) is 0 Å². The molecule has 0 radical (unpaired) electrons. The van der Waals surface area contributed by atoms with Gasteiger partial charge in [-0.3, -0.25) is 5.73 Å². The fourth-order valence-electron chi connectivity index (χ4n) is 1.27. The maximum atomic E-state index is 12.5. The molecule has 0 amide bonds. The second kappa shape index (κ2) is 4.97. The molecule has 0 atom stereocenters. The third kappa shape index (κ3) is 3.03. The van der Waals surface area contributed by atoms with Crippen molar-refractivity contribution in [1.29, 1.82) is 0 Å². The van der Waals surface area contributed by atoms with Gasteiger partial charge in [0, 0.05) is 5.56 Å². The van der Waals surface area contributed by atoms with Gasteiger partial charge < -0.3 is 5.73 Å². The van der Waals surface area contributed by atoms with Crippen LogP contribution in [0, 0.1) is 6.92 Å². The molecule has 0 bridgehead atoms. The zero-order chi connectivity index (χ0) is 15.8. The average Bonchev–Trinajstić information content (AvgIpc) is 2.26. The van der Waals surface area contributed by atoms with Crippen molar-refractivity contribution in [3.05, 3.63) is 35.4 Å². The molecule has 1 aromatic rings. The summed E-state index contributed by atoms with van der Waals surface area (Å²) in [5, 5.41) is 0. The van der Waals surface area contributed by atoms with E-state index in [1.54, 1.807) is 6.92 Å². The van der Waals surface area contributed by atoms with Crippen molar-refractivity contribution in [2.24, 2.45) is 16.5 Å². The number of hydrogen-bond acceptors (Lipinski definition) is 2. The van der Waals surface area contributed by atoms with E-state index < -0.39 is 23.9 Å². The monoisotopic (exact) mass is 299 g/mol. The standard InChI is InChI=1S/C11H11F6N3/c1-6-2-4-7(5-3-6)8(18)20-9(19,10(12,13)14)11(15,16)17/h2-5H,19H2,1H3,(H2,18,20). The van der Waals surface area contributed by atoms with E-state index in [0.717, 1.165) is 5.56 Å². The van der Waals surface area contributed by atoms with Crippen LogP contribution in [0.1, 0.15) is 11.1 Å². The number of nitrogens with zero attached hydrogens (tertiary/aromatic N) is 1. The average molecular weight is 299 g/mol. The summed E-state index contributed by atoms with van der Waals surface area (Å²) in [6.07, 6.45) is -11.6. The van der Waals surface area contributed by atoms with Crippen molar-refractivity contribution >= 4 is 5.84 Å². The highest BCUT2D eigenvalue weighted by Gasteiger charge is 2.69. The van der Waals surface area contributed by atoms with Crippen LogP contribution in [0.25, 0.3) is 0 Å². The van der Waals surface area contributed by atoms with Crippen LogP contribution in [0.2, 0.25) is 0 Å². The molecule has 0 aliphatic heterocycles. The maximum Gasteiger partial charge on any atom is 0.436 e. The molecule has 112 valence electrons. The fourth-order valence-corrected chi connectivity index (χ4v) is 1.27. The lowest BCUT2D eigenvalue weighted by atomic mass is 10.1. The topological polar surface area (TPSA) is 64.4 Å². The van der Waals surface area contributed by atoms with E-state index in [2.05, 4.69) is 10.7 Å². The van der Waals surface area contributed by atoms with E-state index in [0.29, 0.717) is 0 Å². The summed E-state index contributed by atoms with van der Waals surface area (Å²) in [7, 11) is 0. The van der Waals surface area contributed by atoms with E-state index >= 15 is 0 Å². The zero-order valence-corrected chi connectivity index (χ0v) is 10.2. The molecule has 1 aromatic carbocycles. The molecular weight excluding hydrogens is 288 g/mol. The normalized spacial score (nSPS) is 14.5. The number of amidine groups is 1. The number of nitrogens with two attached hydrogens (primary N) is 2. The summed E-state index contributed by atoms with van der Waals surface area (Å²) >= 11 is 0. The molecule has 0 fully saturated rings. The minimum Gasteiger partial charge on any atom is -0.383 e. The van der Waals surface area contributed by atoms with Gasteiger partial charge in [-0.25, -0.2) is 4.99 Å². The number of rotatable bonds is 2. The third-order valence-corrected chi connectivity index (χ3v) is 2.51. The lowest BCUT2D eigenvalue weighted by Gasteiger charge is -2.30.